The van der Waals surface area contributed by atoms with Crippen LogP contribution < -0.4 is 20.1 Å². The van der Waals surface area contributed by atoms with Crippen LogP contribution in [0.2, 0.25) is 15.1 Å². The number of alkyl halides is 3. The van der Waals surface area contributed by atoms with Gasteiger partial charge in [-0.3, -0.25) is 14.4 Å². The van der Waals surface area contributed by atoms with E-state index in [1.165, 1.54) is 27.0 Å². The number of hydrogen-bond donors (Lipinski definition) is 2. The summed E-state index contributed by atoms with van der Waals surface area (Å²) in [5.74, 6) is -3.64. The Kier molecular flexibility index (Phi) is 12.3. The van der Waals surface area contributed by atoms with Gasteiger partial charge >= 0.3 is 6.18 Å². The van der Waals surface area contributed by atoms with E-state index in [1.807, 2.05) is 0 Å². The second-order valence-corrected chi connectivity index (χ2v) is 11.5. The maximum absolute atomic E-state index is 13.4. The Morgan fingerprint density at radius 3 is 2.09 bits per heavy atom. The quantitative estimate of drug-likeness (QED) is 0.201. The number of carbonyl (C=O) groups is 3. The average Bonchev–Trinajstić information content (AvgIpc) is 2.96. The number of methoxy groups -OCH3 is 1. The van der Waals surface area contributed by atoms with Gasteiger partial charge < -0.3 is 20.1 Å². The van der Waals surface area contributed by atoms with Gasteiger partial charge in [-0.25, -0.2) is 0 Å². The van der Waals surface area contributed by atoms with Crippen LogP contribution in [0.4, 0.5) is 13.2 Å². The van der Waals surface area contributed by atoms with Crippen LogP contribution in [0, 0.1) is 5.92 Å². The first kappa shape index (κ1) is 35.0. The highest BCUT2D eigenvalue weighted by atomic mass is 35.5. The van der Waals surface area contributed by atoms with Gasteiger partial charge in [0.2, 0.25) is 11.8 Å². The van der Waals surface area contributed by atoms with Crippen molar-refractivity contribution >= 4 is 52.4 Å². The summed E-state index contributed by atoms with van der Waals surface area (Å²) in [7, 11) is 1.51. The van der Waals surface area contributed by atoms with E-state index in [2.05, 4.69) is 10.6 Å². The molecule has 7 nitrogen and oxygen atoms in total. The molecule has 3 aromatic carbocycles. The zero-order valence-corrected chi connectivity index (χ0v) is 26.2. The first-order chi connectivity index (χ1) is 20.7. The molecule has 0 radical (unpaired) electrons. The lowest BCUT2D eigenvalue weighted by Gasteiger charge is -2.26. The molecular formula is C31H30Cl3F3N2O5. The molecule has 2 amide bonds. The molecule has 0 aliphatic carbocycles. The minimum atomic E-state index is -5.17. The van der Waals surface area contributed by atoms with E-state index in [1.54, 1.807) is 60.7 Å². The summed E-state index contributed by atoms with van der Waals surface area (Å²) in [5.41, 5.74) is 1.02. The summed E-state index contributed by atoms with van der Waals surface area (Å²) in [5, 5.41) is 5.64. The van der Waals surface area contributed by atoms with Crippen LogP contribution in [0.3, 0.4) is 0 Å². The first-order valence-corrected chi connectivity index (χ1v) is 14.5. The third kappa shape index (κ3) is 10.0. The highest BCUT2D eigenvalue weighted by Crippen LogP contribution is 2.31. The van der Waals surface area contributed by atoms with Crippen molar-refractivity contribution in [2.24, 2.45) is 5.92 Å². The Bertz CT molecular complexity index is 1470. The van der Waals surface area contributed by atoms with E-state index in [9.17, 15) is 27.6 Å². The molecule has 0 bridgehead atoms. The zero-order valence-electron chi connectivity index (χ0n) is 23.9. The minimum absolute atomic E-state index is 0.125. The van der Waals surface area contributed by atoms with Crippen molar-refractivity contribution in [3.05, 3.63) is 92.9 Å². The molecule has 3 aromatic rings. The summed E-state index contributed by atoms with van der Waals surface area (Å²) in [6, 6.07) is 14.5. The van der Waals surface area contributed by atoms with Gasteiger partial charge in [0, 0.05) is 11.4 Å². The maximum atomic E-state index is 13.4. The SMILES string of the molecule is COc1ccc(O[C@@H](CC(=O)N[C@@H](Cc2cccc(Cl)c2)C(=O)N[C@H](C(=O)C(F)(F)F)C(C)C)c2ccc(Cl)c(Cl)c2)cc1. The molecule has 3 atom stereocenters. The maximum Gasteiger partial charge on any atom is 0.452 e. The number of ketones is 1. The molecule has 44 heavy (non-hydrogen) atoms. The molecule has 0 spiro atoms. The van der Waals surface area contributed by atoms with E-state index in [-0.39, 0.29) is 22.9 Å². The van der Waals surface area contributed by atoms with Crippen LogP contribution in [0.15, 0.2) is 66.7 Å². The standard InChI is InChI=1S/C31H30Cl3F3N2O5/c1-17(2)28(29(41)31(35,36)37)39-30(42)25(14-18-5-4-6-20(32)13-18)38-27(40)16-26(19-7-12-23(33)24(34)15-19)44-22-10-8-21(43-3)9-11-22/h4-13,15,17,25-26,28H,14,16H2,1-3H3,(H,38,40)(H,39,42)/t25-,26-,28-/m0/s1. The first-order valence-electron chi connectivity index (χ1n) is 13.4. The summed E-state index contributed by atoms with van der Waals surface area (Å²) >= 11 is 18.4. The fourth-order valence-corrected chi connectivity index (χ4v) is 4.77. The van der Waals surface area contributed by atoms with Crippen molar-refractivity contribution in [3.63, 3.8) is 0 Å². The molecular weight excluding hydrogens is 644 g/mol. The Balaban J connectivity index is 1.89. The van der Waals surface area contributed by atoms with Crippen LogP contribution in [0.25, 0.3) is 0 Å². The summed E-state index contributed by atoms with van der Waals surface area (Å²) in [6.45, 7) is 2.75. The summed E-state index contributed by atoms with van der Waals surface area (Å²) in [6.07, 6.45) is -6.53. The number of benzene rings is 3. The second-order valence-electron chi connectivity index (χ2n) is 10.2. The predicted octanol–water partition coefficient (Wildman–Crippen LogP) is 7.17. The van der Waals surface area contributed by atoms with E-state index in [0.717, 1.165) is 0 Å². The predicted molar refractivity (Wildman–Crippen MR) is 162 cm³/mol. The smallest absolute Gasteiger partial charge is 0.452 e. The van der Waals surface area contributed by atoms with Crippen molar-refractivity contribution in [2.45, 2.75) is 51.1 Å². The fraction of sp³-hybridized carbons (Fsp3) is 0.323. The third-order valence-electron chi connectivity index (χ3n) is 6.53. The van der Waals surface area contributed by atoms with Crippen molar-refractivity contribution in [3.8, 4) is 11.5 Å². The van der Waals surface area contributed by atoms with Crippen LogP contribution >= 0.6 is 34.8 Å². The lowest BCUT2D eigenvalue weighted by molar-refractivity contribution is -0.175. The normalized spacial score (nSPS) is 13.5. The molecule has 3 rings (SSSR count). The molecule has 0 fully saturated rings. The number of ether oxygens (including phenoxy) is 2. The van der Waals surface area contributed by atoms with Crippen LogP contribution in [-0.4, -0.2) is 43.0 Å². The van der Waals surface area contributed by atoms with Crippen molar-refractivity contribution in [2.75, 3.05) is 7.11 Å². The van der Waals surface area contributed by atoms with Crippen LogP contribution in [0.1, 0.15) is 37.5 Å². The van der Waals surface area contributed by atoms with Gasteiger partial charge in [-0.15, -0.1) is 0 Å². The van der Waals surface area contributed by atoms with Crippen molar-refractivity contribution < 1.29 is 37.0 Å². The molecule has 0 aromatic heterocycles. The molecule has 0 heterocycles. The monoisotopic (exact) mass is 672 g/mol. The van der Waals surface area contributed by atoms with Gasteiger partial charge in [-0.05, 0) is 65.6 Å². The van der Waals surface area contributed by atoms with Crippen LogP contribution in [0.5, 0.6) is 11.5 Å². The number of hydrogen-bond acceptors (Lipinski definition) is 5. The summed E-state index contributed by atoms with van der Waals surface area (Å²) in [4.78, 5) is 38.8. The van der Waals surface area contributed by atoms with Gasteiger partial charge in [0.25, 0.3) is 5.78 Å². The largest absolute Gasteiger partial charge is 0.497 e. The lowest BCUT2D eigenvalue weighted by atomic mass is 9.97. The number of carbonyl (C=O) groups excluding carboxylic acids is 3. The number of amides is 2. The molecule has 236 valence electrons. The van der Waals surface area contributed by atoms with Gasteiger partial charge in [0.1, 0.15) is 23.6 Å². The van der Waals surface area contributed by atoms with Crippen molar-refractivity contribution in [1.29, 1.82) is 0 Å². The minimum Gasteiger partial charge on any atom is -0.497 e. The van der Waals surface area contributed by atoms with Gasteiger partial charge in [0.05, 0.1) is 29.6 Å². The Labute approximate surface area is 268 Å². The number of Topliss-reactive ketones (excluding diaryl/α,β-unsaturated/α-hetero) is 1. The number of nitrogens with one attached hydrogen (secondary N) is 2. The van der Waals surface area contributed by atoms with Gasteiger partial charge in [-0.1, -0.05) is 66.8 Å². The molecule has 0 aliphatic heterocycles. The van der Waals surface area contributed by atoms with Gasteiger partial charge in [-0.2, -0.15) is 13.2 Å². The Morgan fingerprint density at radius 2 is 1.52 bits per heavy atom. The Morgan fingerprint density at radius 1 is 0.864 bits per heavy atom. The molecule has 0 saturated heterocycles. The highest BCUT2D eigenvalue weighted by molar-refractivity contribution is 6.42. The van der Waals surface area contributed by atoms with E-state index in [0.29, 0.717) is 27.6 Å². The lowest BCUT2D eigenvalue weighted by Crippen LogP contribution is -2.56. The third-order valence-corrected chi connectivity index (χ3v) is 7.50. The van der Waals surface area contributed by atoms with Gasteiger partial charge in [0.15, 0.2) is 0 Å². The highest BCUT2D eigenvalue weighted by Gasteiger charge is 2.45. The molecule has 2 N–H and O–H groups in total. The van der Waals surface area contributed by atoms with Crippen molar-refractivity contribution in [1.82, 2.24) is 10.6 Å². The Hall–Kier alpha value is -3.47. The fourth-order valence-electron chi connectivity index (χ4n) is 4.25. The second kappa shape index (κ2) is 15.5. The molecule has 0 aliphatic rings. The summed E-state index contributed by atoms with van der Waals surface area (Å²) < 4.78 is 51.1. The topological polar surface area (TPSA) is 93.7 Å². The zero-order chi connectivity index (χ0) is 32.6. The molecule has 0 unspecified atom stereocenters. The molecule has 13 heteroatoms. The van der Waals surface area contributed by atoms with E-state index in [4.69, 9.17) is 44.3 Å². The van der Waals surface area contributed by atoms with E-state index >= 15 is 0 Å². The van der Waals surface area contributed by atoms with Crippen LogP contribution in [-0.2, 0) is 20.8 Å². The number of halogens is 6. The van der Waals surface area contributed by atoms with E-state index < -0.39 is 47.9 Å². The molecule has 0 saturated carbocycles. The average molecular weight is 674 g/mol. The number of rotatable bonds is 13.